The minimum Gasteiger partial charge on any atom is -0.399 e. The number of aryl methyl sites for hydroxylation is 2. The zero-order valence-corrected chi connectivity index (χ0v) is 11.6. The molecule has 2 aromatic rings. The second-order valence-electron chi connectivity index (χ2n) is 4.87. The molecular weight excluding hydrogens is 283 g/mol. The van der Waals surface area contributed by atoms with Gasteiger partial charge in [0.1, 0.15) is 0 Å². The molecule has 0 radical (unpaired) electrons. The fourth-order valence-electron chi connectivity index (χ4n) is 2.02. The summed E-state index contributed by atoms with van der Waals surface area (Å²) in [7, 11) is 0. The van der Waals surface area contributed by atoms with Crippen LogP contribution in [-0.4, -0.2) is 26.4 Å². The number of hydrogen-bond acceptors (Lipinski definition) is 4. The van der Waals surface area contributed by atoms with E-state index in [4.69, 9.17) is 5.73 Å². The van der Waals surface area contributed by atoms with E-state index in [2.05, 4.69) is 15.5 Å². The average Bonchev–Trinajstić information content (AvgIpc) is 2.85. The highest BCUT2D eigenvalue weighted by molar-refractivity contribution is 5.65. The van der Waals surface area contributed by atoms with Crippen molar-refractivity contribution in [1.82, 2.24) is 20.2 Å². The summed E-state index contributed by atoms with van der Waals surface area (Å²) in [6.07, 6.45) is -4.49. The van der Waals surface area contributed by atoms with Crippen LogP contribution in [0.2, 0.25) is 0 Å². The standard InChI is InChI=1S/C13H16F3N5/c1-9-4-5-10(17)8-11(9)12-18-19-20-21(12)7-3-2-6-13(14,15)16/h4-5,8H,2-3,6-7,17H2,1H3. The highest BCUT2D eigenvalue weighted by Crippen LogP contribution is 2.25. The van der Waals surface area contributed by atoms with E-state index in [0.717, 1.165) is 11.1 Å². The van der Waals surface area contributed by atoms with Gasteiger partial charge >= 0.3 is 6.18 Å². The minimum atomic E-state index is -4.12. The molecule has 0 fully saturated rings. The molecule has 2 rings (SSSR count). The normalized spacial score (nSPS) is 11.8. The highest BCUT2D eigenvalue weighted by atomic mass is 19.4. The summed E-state index contributed by atoms with van der Waals surface area (Å²) in [5, 5.41) is 11.4. The molecule has 114 valence electrons. The van der Waals surface area contributed by atoms with Crippen LogP contribution in [0.5, 0.6) is 0 Å². The number of nitrogens with two attached hydrogens (primary N) is 1. The third-order valence-electron chi connectivity index (χ3n) is 3.11. The smallest absolute Gasteiger partial charge is 0.389 e. The van der Waals surface area contributed by atoms with Crippen molar-refractivity contribution in [3.8, 4) is 11.4 Å². The first kappa shape index (κ1) is 15.3. The predicted octanol–water partition coefficient (Wildman–Crippen LogP) is 2.96. The molecule has 2 N–H and O–H groups in total. The van der Waals surface area contributed by atoms with Crippen LogP contribution in [-0.2, 0) is 6.54 Å². The Hall–Kier alpha value is -2.12. The van der Waals surface area contributed by atoms with E-state index in [1.165, 1.54) is 4.68 Å². The molecule has 21 heavy (non-hydrogen) atoms. The lowest BCUT2D eigenvalue weighted by Gasteiger charge is -2.09. The number of nitrogen functional groups attached to an aromatic ring is 1. The van der Waals surface area contributed by atoms with E-state index >= 15 is 0 Å². The molecule has 0 unspecified atom stereocenters. The van der Waals surface area contributed by atoms with E-state index in [1.807, 2.05) is 13.0 Å². The topological polar surface area (TPSA) is 69.6 Å². The zero-order chi connectivity index (χ0) is 15.5. The van der Waals surface area contributed by atoms with Gasteiger partial charge in [0.25, 0.3) is 0 Å². The first-order valence-corrected chi connectivity index (χ1v) is 6.56. The summed E-state index contributed by atoms with van der Waals surface area (Å²) < 4.78 is 37.8. The Kier molecular flexibility index (Phi) is 4.44. The molecule has 0 aliphatic heterocycles. The molecule has 0 saturated heterocycles. The van der Waals surface area contributed by atoms with Crippen molar-refractivity contribution in [2.24, 2.45) is 0 Å². The Balaban J connectivity index is 2.07. The number of benzene rings is 1. The van der Waals surface area contributed by atoms with Crippen LogP contribution in [0.3, 0.4) is 0 Å². The molecule has 0 aliphatic carbocycles. The minimum absolute atomic E-state index is 0.0543. The number of halogens is 3. The number of unbranched alkanes of at least 4 members (excludes halogenated alkanes) is 1. The Labute approximate surface area is 119 Å². The van der Waals surface area contributed by atoms with Crippen LogP contribution in [0.15, 0.2) is 18.2 Å². The molecule has 1 heterocycles. The van der Waals surface area contributed by atoms with Gasteiger partial charge in [-0.25, -0.2) is 4.68 Å². The number of nitrogens with zero attached hydrogens (tertiary/aromatic N) is 4. The van der Waals surface area contributed by atoms with Crippen LogP contribution < -0.4 is 5.73 Å². The number of hydrogen-bond donors (Lipinski definition) is 1. The third-order valence-corrected chi connectivity index (χ3v) is 3.11. The summed E-state index contributed by atoms with van der Waals surface area (Å²) in [4.78, 5) is 0. The van der Waals surface area contributed by atoms with Gasteiger partial charge in [0, 0.05) is 24.2 Å². The monoisotopic (exact) mass is 299 g/mol. The van der Waals surface area contributed by atoms with Crippen molar-refractivity contribution in [3.63, 3.8) is 0 Å². The van der Waals surface area contributed by atoms with Gasteiger partial charge in [-0.05, 0) is 47.9 Å². The SMILES string of the molecule is Cc1ccc(N)cc1-c1nnnn1CCCCC(F)(F)F. The van der Waals surface area contributed by atoms with E-state index in [-0.39, 0.29) is 6.42 Å². The lowest BCUT2D eigenvalue weighted by molar-refractivity contribution is -0.135. The van der Waals surface area contributed by atoms with Crippen molar-refractivity contribution in [2.45, 2.75) is 38.9 Å². The molecular formula is C13H16F3N5. The van der Waals surface area contributed by atoms with Gasteiger partial charge in [0.05, 0.1) is 0 Å². The summed E-state index contributed by atoms with van der Waals surface area (Å²) in [5.74, 6) is 0.520. The van der Waals surface area contributed by atoms with Gasteiger partial charge in [-0.2, -0.15) is 13.2 Å². The highest BCUT2D eigenvalue weighted by Gasteiger charge is 2.26. The van der Waals surface area contributed by atoms with Crippen molar-refractivity contribution in [2.75, 3.05) is 5.73 Å². The quantitative estimate of drug-likeness (QED) is 0.680. The zero-order valence-electron chi connectivity index (χ0n) is 11.6. The molecule has 0 saturated carbocycles. The van der Waals surface area contributed by atoms with Gasteiger partial charge in [0.2, 0.25) is 0 Å². The second-order valence-corrected chi connectivity index (χ2v) is 4.87. The van der Waals surface area contributed by atoms with Crippen molar-refractivity contribution < 1.29 is 13.2 Å². The third kappa shape index (κ3) is 4.17. The number of anilines is 1. The maximum atomic E-state index is 12.1. The van der Waals surface area contributed by atoms with E-state index in [1.54, 1.807) is 12.1 Å². The van der Waals surface area contributed by atoms with Crippen LogP contribution in [0, 0.1) is 6.92 Å². The summed E-state index contributed by atoms with van der Waals surface area (Å²) in [5.41, 5.74) is 8.08. The largest absolute Gasteiger partial charge is 0.399 e. The molecule has 0 aliphatic rings. The fraction of sp³-hybridized carbons (Fsp3) is 0.462. The molecule has 1 aromatic carbocycles. The molecule has 8 heteroatoms. The number of alkyl halides is 3. The lowest BCUT2D eigenvalue weighted by atomic mass is 10.1. The number of rotatable bonds is 5. The average molecular weight is 299 g/mol. The maximum Gasteiger partial charge on any atom is 0.389 e. The number of aromatic nitrogens is 4. The van der Waals surface area contributed by atoms with Crippen LogP contribution in [0.4, 0.5) is 18.9 Å². The Morgan fingerprint density at radius 1 is 1.24 bits per heavy atom. The molecule has 0 atom stereocenters. The van der Waals surface area contributed by atoms with E-state index in [9.17, 15) is 13.2 Å². The van der Waals surface area contributed by atoms with Crippen molar-refractivity contribution in [3.05, 3.63) is 23.8 Å². The summed E-state index contributed by atoms with van der Waals surface area (Å²) >= 11 is 0. The van der Waals surface area contributed by atoms with Crippen molar-refractivity contribution >= 4 is 5.69 Å². The Morgan fingerprint density at radius 3 is 2.71 bits per heavy atom. The molecule has 0 bridgehead atoms. The van der Waals surface area contributed by atoms with Crippen LogP contribution in [0.25, 0.3) is 11.4 Å². The van der Waals surface area contributed by atoms with Gasteiger partial charge < -0.3 is 5.73 Å². The van der Waals surface area contributed by atoms with Crippen LogP contribution >= 0.6 is 0 Å². The fourth-order valence-corrected chi connectivity index (χ4v) is 2.02. The van der Waals surface area contributed by atoms with Gasteiger partial charge in [-0.1, -0.05) is 6.07 Å². The van der Waals surface area contributed by atoms with E-state index < -0.39 is 12.6 Å². The van der Waals surface area contributed by atoms with E-state index in [0.29, 0.717) is 24.5 Å². The predicted molar refractivity (Wildman–Crippen MR) is 72.3 cm³/mol. The van der Waals surface area contributed by atoms with Gasteiger partial charge in [-0.3, -0.25) is 0 Å². The second kappa shape index (κ2) is 6.11. The summed E-state index contributed by atoms with van der Waals surface area (Å²) in [6.45, 7) is 2.24. The van der Waals surface area contributed by atoms with Gasteiger partial charge in [0.15, 0.2) is 5.82 Å². The molecule has 0 amide bonds. The van der Waals surface area contributed by atoms with Crippen LogP contribution in [0.1, 0.15) is 24.8 Å². The Bertz CT molecular complexity index is 606. The summed E-state index contributed by atoms with van der Waals surface area (Å²) in [6, 6.07) is 5.39. The first-order valence-electron chi connectivity index (χ1n) is 6.56. The first-order chi connectivity index (χ1) is 9.87. The van der Waals surface area contributed by atoms with Crippen molar-refractivity contribution in [1.29, 1.82) is 0 Å². The molecule has 0 spiro atoms. The number of tetrazole rings is 1. The van der Waals surface area contributed by atoms with Gasteiger partial charge in [-0.15, -0.1) is 5.10 Å². The Morgan fingerprint density at radius 2 is 2.00 bits per heavy atom. The maximum absolute atomic E-state index is 12.1. The molecule has 1 aromatic heterocycles. The molecule has 5 nitrogen and oxygen atoms in total. The lowest BCUT2D eigenvalue weighted by Crippen LogP contribution is -2.09.